The van der Waals surface area contributed by atoms with Gasteiger partial charge in [0.25, 0.3) is 15.9 Å². The normalized spacial score (nSPS) is 11.1. The molecule has 0 saturated carbocycles. The van der Waals surface area contributed by atoms with Gasteiger partial charge in [-0.15, -0.1) is 0 Å². The zero-order valence-corrected chi connectivity index (χ0v) is 19.8. The van der Waals surface area contributed by atoms with Gasteiger partial charge in [-0.05, 0) is 49.7 Å². The Morgan fingerprint density at radius 3 is 1.94 bits per heavy atom. The highest BCUT2D eigenvalue weighted by atomic mass is 32.2. The van der Waals surface area contributed by atoms with E-state index in [1.165, 1.54) is 12.1 Å². The van der Waals surface area contributed by atoms with Crippen molar-refractivity contribution >= 4 is 21.6 Å². The van der Waals surface area contributed by atoms with Crippen molar-refractivity contribution in [2.75, 3.05) is 10.9 Å². The third-order valence-electron chi connectivity index (χ3n) is 5.38. The summed E-state index contributed by atoms with van der Waals surface area (Å²) < 4.78 is 33.7. The Morgan fingerprint density at radius 2 is 1.29 bits per heavy atom. The first-order valence-electron chi connectivity index (χ1n) is 10.8. The van der Waals surface area contributed by atoms with Crippen LogP contribution in [0.5, 0.6) is 5.75 Å². The van der Waals surface area contributed by atoms with Crippen LogP contribution in [0.2, 0.25) is 0 Å². The van der Waals surface area contributed by atoms with Gasteiger partial charge >= 0.3 is 0 Å². The van der Waals surface area contributed by atoms with Crippen molar-refractivity contribution in [1.82, 2.24) is 0 Å². The Labute approximate surface area is 200 Å². The number of carbonyl (C=O) groups is 1. The maximum atomic E-state index is 13.5. The van der Waals surface area contributed by atoms with E-state index < -0.39 is 22.5 Å². The molecule has 0 aliphatic rings. The number of carbonyl (C=O) groups excluding carboxylic acids is 1. The minimum absolute atomic E-state index is 0.0386. The maximum absolute atomic E-state index is 13.5. The van der Waals surface area contributed by atoms with E-state index in [1.54, 1.807) is 42.5 Å². The standard InChI is InChI=1S/C28H25NO4S/c1-21-12-16-24(17-13-21)29(34(31,32)25-18-14-22(2)15-19-25)28(30)20-33-27-11-7-6-10-26(27)23-8-4-3-5-9-23/h3-19H,20H2,1-2H3. The first-order valence-corrected chi connectivity index (χ1v) is 12.3. The predicted molar refractivity (Wildman–Crippen MR) is 134 cm³/mol. The molecule has 0 aliphatic carbocycles. The highest BCUT2D eigenvalue weighted by Gasteiger charge is 2.31. The molecule has 0 unspecified atom stereocenters. The van der Waals surface area contributed by atoms with Gasteiger partial charge in [0.15, 0.2) is 6.61 Å². The van der Waals surface area contributed by atoms with E-state index in [0.717, 1.165) is 26.6 Å². The van der Waals surface area contributed by atoms with Crippen molar-refractivity contribution in [2.24, 2.45) is 0 Å². The molecule has 5 nitrogen and oxygen atoms in total. The molecule has 4 rings (SSSR count). The van der Waals surface area contributed by atoms with E-state index in [0.29, 0.717) is 5.75 Å². The highest BCUT2D eigenvalue weighted by Crippen LogP contribution is 2.30. The van der Waals surface area contributed by atoms with E-state index in [-0.39, 0.29) is 10.6 Å². The highest BCUT2D eigenvalue weighted by molar-refractivity contribution is 7.93. The fourth-order valence-electron chi connectivity index (χ4n) is 3.56. The Bertz CT molecular complexity index is 1380. The summed E-state index contributed by atoms with van der Waals surface area (Å²) in [7, 11) is -4.15. The monoisotopic (exact) mass is 471 g/mol. The van der Waals surface area contributed by atoms with Crippen LogP contribution in [0.25, 0.3) is 11.1 Å². The number of nitrogens with zero attached hydrogens (tertiary/aromatic N) is 1. The minimum Gasteiger partial charge on any atom is -0.483 e. The van der Waals surface area contributed by atoms with Crippen molar-refractivity contribution in [1.29, 1.82) is 0 Å². The molecule has 0 heterocycles. The van der Waals surface area contributed by atoms with Gasteiger partial charge in [0, 0.05) is 5.56 Å². The van der Waals surface area contributed by atoms with Crippen molar-refractivity contribution < 1.29 is 17.9 Å². The van der Waals surface area contributed by atoms with E-state index in [1.807, 2.05) is 62.4 Å². The number of ether oxygens (including phenoxy) is 1. The number of sulfonamides is 1. The fraction of sp³-hybridized carbons (Fsp3) is 0.107. The average Bonchev–Trinajstić information content (AvgIpc) is 2.85. The summed E-state index contributed by atoms with van der Waals surface area (Å²) in [5, 5.41) is 0. The van der Waals surface area contributed by atoms with Gasteiger partial charge in [0.2, 0.25) is 0 Å². The molecule has 0 spiro atoms. The summed E-state index contributed by atoms with van der Waals surface area (Å²) in [6, 6.07) is 30.2. The topological polar surface area (TPSA) is 63.7 Å². The number of hydrogen-bond donors (Lipinski definition) is 0. The van der Waals surface area contributed by atoms with E-state index >= 15 is 0 Å². The molecule has 1 amide bonds. The Morgan fingerprint density at radius 1 is 0.735 bits per heavy atom. The fourth-order valence-corrected chi connectivity index (χ4v) is 4.97. The van der Waals surface area contributed by atoms with Gasteiger partial charge in [-0.1, -0.05) is 83.9 Å². The summed E-state index contributed by atoms with van der Waals surface area (Å²) in [5.41, 5.74) is 3.90. The molecule has 34 heavy (non-hydrogen) atoms. The summed E-state index contributed by atoms with van der Waals surface area (Å²) in [6.45, 7) is 3.33. The van der Waals surface area contributed by atoms with Crippen LogP contribution in [-0.2, 0) is 14.8 Å². The van der Waals surface area contributed by atoms with Gasteiger partial charge < -0.3 is 4.74 Å². The van der Waals surface area contributed by atoms with Gasteiger partial charge in [-0.25, -0.2) is 8.42 Å². The molecular weight excluding hydrogens is 446 g/mol. The Balaban J connectivity index is 1.66. The molecule has 172 valence electrons. The number of aryl methyl sites for hydroxylation is 2. The summed E-state index contributed by atoms with van der Waals surface area (Å²) in [5.74, 6) is -0.189. The zero-order valence-electron chi connectivity index (χ0n) is 19.0. The van der Waals surface area contributed by atoms with Crippen LogP contribution in [-0.4, -0.2) is 20.9 Å². The largest absolute Gasteiger partial charge is 0.483 e. The summed E-state index contributed by atoms with van der Waals surface area (Å²) in [4.78, 5) is 13.4. The first-order chi connectivity index (χ1) is 16.4. The number of anilines is 1. The molecule has 0 fully saturated rings. The van der Waals surface area contributed by atoms with Crippen LogP contribution < -0.4 is 9.04 Å². The van der Waals surface area contributed by atoms with E-state index in [4.69, 9.17) is 4.74 Å². The molecule has 0 aliphatic heterocycles. The molecule has 0 N–H and O–H groups in total. The van der Waals surface area contributed by atoms with E-state index in [2.05, 4.69) is 0 Å². The molecule has 0 saturated heterocycles. The molecule has 4 aromatic rings. The van der Waals surface area contributed by atoms with Crippen molar-refractivity contribution in [3.05, 3.63) is 114 Å². The Kier molecular flexibility index (Phi) is 6.80. The molecular formula is C28H25NO4S. The second-order valence-corrected chi connectivity index (χ2v) is 9.75. The molecule has 6 heteroatoms. The summed E-state index contributed by atoms with van der Waals surface area (Å²) >= 11 is 0. The van der Waals surface area contributed by atoms with Gasteiger partial charge in [-0.2, -0.15) is 4.31 Å². The third-order valence-corrected chi connectivity index (χ3v) is 7.14. The lowest BCUT2D eigenvalue weighted by molar-refractivity contribution is -0.119. The van der Waals surface area contributed by atoms with Crippen LogP contribution in [0.15, 0.2) is 108 Å². The minimum atomic E-state index is -4.15. The van der Waals surface area contributed by atoms with E-state index in [9.17, 15) is 13.2 Å². The number of amides is 1. The van der Waals surface area contributed by atoms with Crippen LogP contribution in [0.3, 0.4) is 0 Å². The molecule has 0 radical (unpaired) electrons. The van der Waals surface area contributed by atoms with Crippen LogP contribution in [0.4, 0.5) is 5.69 Å². The second-order valence-electron chi connectivity index (χ2n) is 7.96. The lowest BCUT2D eigenvalue weighted by atomic mass is 10.1. The third kappa shape index (κ3) is 5.02. The molecule has 0 bridgehead atoms. The molecule has 0 aromatic heterocycles. The van der Waals surface area contributed by atoms with Crippen LogP contribution in [0, 0.1) is 13.8 Å². The lowest BCUT2D eigenvalue weighted by Crippen LogP contribution is -2.40. The molecule has 0 atom stereocenters. The van der Waals surface area contributed by atoms with Crippen LogP contribution >= 0.6 is 0 Å². The van der Waals surface area contributed by atoms with Crippen molar-refractivity contribution in [2.45, 2.75) is 18.7 Å². The number of benzene rings is 4. The number of rotatable bonds is 7. The SMILES string of the molecule is Cc1ccc(N(C(=O)COc2ccccc2-c2ccccc2)S(=O)(=O)c2ccc(C)cc2)cc1. The zero-order chi connectivity index (χ0) is 24.1. The first kappa shape index (κ1) is 23.3. The van der Waals surface area contributed by atoms with Crippen LogP contribution in [0.1, 0.15) is 11.1 Å². The van der Waals surface area contributed by atoms with Crippen molar-refractivity contribution in [3.63, 3.8) is 0 Å². The van der Waals surface area contributed by atoms with Gasteiger partial charge in [0.1, 0.15) is 5.75 Å². The maximum Gasteiger partial charge on any atom is 0.278 e. The summed E-state index contributed by atoms with van der Waals surface area (Å²) in [6.07, 6.45) is 0. The van der Waals surface area contributed by atoms with Gasteiger partial charge in [0.05, 0.1) is 10.6 Å². The Hall–Kier alpha value is -3.90. The number of para-hydroxylation sites is 1. The number of hydrogen-bond acceptors (Lipinski definition) is 4. The average molecular weight is 472 g/mol. The predicted octanol–water partition coefficient (Wildman–Crippen LogP) is 5.77. The lowest BCUT2D eigenvalue weighted by Gasteiger charge is -2.23. The second kappa shape index (κ2) is 9.93. The quantitative estimate of drug-likeness (QED) is 0.343. The van der Waals surface area contributed by atoms with Crippen molar-refractivity contribution in [3.8, 4) is 16.9 Å². The molecule has 4 aromatic carbocycles. The van der Waals surface area contributed by atoms with Gasteiger partial charge in [-0.3, -0.25) is 4.79 Å². The smallest absolute Gasteiger partial charge is 0.278 e.